The fourth-order valence-corrected chi connectivity index (χ4v) is 3.07. The van der Waals surface area contributed by atoms with Crippen molar-refractivity contribution < 1.29 is 39.3 Å². The van der Waals surface area contributed by atoms with E-state index in [-0.39, 0.29) is 5.92 Å². The summed E-state index contributed by atoms with van der Waals surface area (Å²) in [6, 6.07) is -4.95. The fourth-order valence-electron chi connectivity index (χ4n) is 3.07. The Morgan fingerprint density at radius 3 is 2.17 bits per heavy atom. The van der Waals surface area contributed by atoms with Crippen molar-refractivity contribution in [1.29, 1.82) is 0 Å². The quantitative estimate of drug-likeness (QED) is 0.224. The van der Waals surface area contributed by atoms with E-state index in [2.05, 4.69) is 5.32 Å². The highest BCUT2D eigenvalue weighted by atomic mass is 16.4. The second kappa shape index (κ2) is 10.9. The summed E-state index contributed by atoms with van der Waals surface area (Å²) in [5.74, 6) is -5.30. The van der Waals surface area contributed by atoms with Crippen LogP contribution in [0.25, 0.3) is 0 Å². The van der Waals surface area contributed by atoms with Gasteiger partial charge in [-0.2, -0.15) is 0 Å². The van der Waals surface area contributed by atoms with Gasteiger partial charge in [-0.3, -0.25) is 19.2 Å². The van der Waals surface area contributed by atoms with Crippen LogP contribution in [0.4, 0.5) is 0 Å². The number of amides is 3. The van der Waals surface area contributed by atoms with Crippen LogP contribution >= 0.6 is 0 Å². The molecule has 0 bridgehead atoms. The first kappa shape index (κ1) is 25.3. The van der Waals surface area contributed by atoms with E-state index < -0.39 is 66.4 Å². The number of aliphatic carboxylic acids is 2. The number of aliphatic hydroxyl groups is 1. The van der Waals surface area contributed by atoms with Gasteiger partial charge >= 0.3 is 11.9 Å². The first-order valence-corrected chi connectivity index (χ1v) is 9.66. The van der Waals surface area contributed by atoms with Crippen LogP contribution in [0.15, 0.2) is 0 Å². The minimum atomic E-state index is -1.73. The summed E-state index contributed by atoms with van der Waals surface area (Å²) in [5.41, 5.74) is 5.89. The zero-order valence-electron chi connectivity index (χ0n) is 17.2. The third-order valence-corrected chi connectivity index (χ3v) is 4.90. The van der Waals surface area contributed by atoms with Gasteiger partial charge in [0.2, 0.25) is 17.7 Å². The highest BCUT2D eigenvalue weighted by Gasteiger charge is 2.39. The van der Waals surface area contributed by atoms with E-state index in [1.165, 1.54) is 11.8 Å². The second-order valence-electron chi connectivity index (χ2n) is 7.68. The van der Waals surface area contributed by atoms with Gasteiger partial charge in [-0.15, -0.1) is 0 Å². The first-order valence-electron chi connectivity index (χ1n) is 9.66. The van der Waals surface area contributed by atoms with Gasteiger partial charge in [-0.25, -0.2) is 4.79 Å². The standard InChI is InChI=1S/C18H30N4O8/c1-8(2)13(19)17(28)22-6-4-5-11(22)15(26)21-14(9(3)23)16(27)20-10(18(29)30)7-12(24)25/h8-11,13-14,23H,4-7,19H2,1-3H3,(H,20,27)(H,21,26)(H,24,25)(H,29,30). The van der Waals surface area contributed by atoms with Crippen molar-refractivity contribution in [3.63, 3.8) is 0 Å². The average Bonchev–Trinajstić information content (AvgIpc) is 3.12. The number of rotatable bonds is 10. The molecule has 30 heavy (non-hydrogen) atoms. The molecule has 1 heterocycles. The zero-order valence-corrected chi connectivity index (χ0v) is 17.2. The van der Waals surface area contributed by atoms with Crippen molar-refractivity contribution in [2.75, 3.05) is 6.54 Å². The van der Waals surface area contributed by atoms with Crippen LogP contribution in [-0.2, 0) is 24.0 Å². The van der Waals surface area contributed by atoms with E-state index >= 15 is 0 Å². The lowest BCUT2D eigenvalue weighted by molar-refractivity contribution is -0.148. The Bertz CT molecular complexity index is 681. The maximum absolute atomic E-state index is 12.7. The molecule has 1 saturated heterocycles. The Morgan fingerprint density at radius 2 is 1.70 bits per heavy atom. The van der Waals surface area contributed by atoms with Crippen LogP contribution < -0.4 is 16.4 Å². The van der Waals surface area contributed by atoms with E-state index in [1.54, 1.807) is 13.8 Å². The number of nitrogens with one attached hydrogen (secondary N) is 2. The summed E-state index contributed by atoms with van der Waals surface area (Å²) in [6.07, 6.45) is -1.39. The molecule has 12 nitrogen and oxygen atoms in total. The van der Waals surface area contributed by atoms with Crippen LogP contribution in [0.1, 0.15) is 40.0 Å². The Morgan fingerprint density at radius 1 is 1.10 bits per heavy atom. The molecule has 0 aliphatic carbocycles. The first-order chi connectivity index (χ1) is 13.9. The summed E-state index contributed by atoms with van der Waals surface area (Å²) < 4.78 is 0. The molecule has 0 aromatic rings. The van der Waals surface area contributed by atoms with Crippen LogP contribution in [-0.4, -0.2) is 86.7 Å². The van der Waals surface area contributed by atoms with Gasteiger partial charge in [0, 0.05) is 6.54 Å². The molecule has 170 valence electrons. The van der Waals surface area contributed by atoms with Crippen molar-refractivity contribution >= 4 is 29.7 Å². The van der Waals surface area contributed by atoms with Gasteiger partial charge in [-0.1, -0.05) is 13.8 Å². The molecule has 0 aromatic heterocycles. The minimum absolute atomic E-state index is 0.139. The summed E-state index contributed by atoms with van der Waals surface area (Å²) in [4.78, 5) is 60.9. The number of carbonyl (C=O) groups is 5. The van der Waals surface area contributed by atoms with Crippen molar-refractivity contribution in [3.8, 4) is 0 Å². The monoisotopic (exact) mass is 430 g/mol. The molecule has 1 fully saturated rings. The van der Waals surface area contributed by atoms with Crippen molar-refractivity contribution in [2.45, 2.75) is 70.3 Å². The molecule has 12 heteroatoms. The smallest absolute Gasteiger partial charge is 0.326 e. The van der Waals surface area contributed by atoms with E-state index in [4.69, 9.17) is 15.9 Å². The molecule has 0 spiro atoms. The SMILES string of the molecule is CC(C)C(N)C(=O)N1CCCC1C(=O)NC(C(=O)NC(CC(=O)O)C(=O)O)C(C)O. The summed E-state index contributed by atoms with van der Waals surface area (Å²) in [6.45, 7) is 5.08. The number of nitrogens with zero attached hydrogens (tertiary/aromatic N) is 1. The lowest BCUT2D eigenvalue weighted by Gasteiger charge is -2.30. The molecule has 0 saturated carbocycles. The maximum Gasteiger partial charge on any atom is 0.326 e. The molecule has 7 N–H and O–H groups in total. The van der Waals surface area contributed by atoms with E-state index in [0.717, 1.165) is 0 Å². The van der Waals surface area contributed by atoms with Crippen molar-refractivity contribution in [2.24, 2.45) is 11.7 Å². The number of likely N-dealkylation sites (tertiary alicyclic amines) is 1. The summed E-state index contributed by atoms with van der Waals surface area (Å²) >= 11 is 0. The van der Waals surface area contributed by atoms with Crippen LogP contribution in [0.2, 0.25) is 0 Å². The van der Waals surface area contributed by atoms with Gasteiger partial charge in [0.25, 0.3) is 0 Å². The Hall–Kier alpha value is -2.73. The van der Waals surface area contributed by atoms with Crippen molar-refractivity contribution in [1.82, 2.24) is 15.5 Å². The molecule has 1 aliphatic rings. The molecule has 0 aromatic carbocycles. The summed E-state index contributed by atoms with van der Waals surface area (Å²) in [5, 5.41) is 32.1. The van der Waals surface area contributed by atoms with Gasteiger partial charge in [0.15, 0.2) is 0 Å². The second-order valence-corrected chi connectivity index (χ2v) is 7.68. The Labute approximate surface area is 173 Å². The third kappa shape index (κ3) is 6.66. The van der Waals surface area contributed by atoms with E-state index in [9.17, 15) is 29.1 Å². The third-order valence-electron chi connectivity index (χ3n) is 4.90. The Kier molecular flexibility index (Phi) is 9.18. The molecule has 5 unspecified atom stereocenters. The molecular weight excluding hydrogens is 400 g/mol. The van der Waals surface area contributed by atoms with Gasteiger partial charge in [-0.05, 0) is 25.7 Å². The Balaban J connectivity index is 2.90. The fraction of sp³-hybridized carbons (Fsp3) is 0.722. The number of carboxylic acid groups (broad SMARTS) is 2. The normalized spacial score (nSPS) is 20.2. The average molecular weight is 430 g/mol. The predicted molar refractivity (Wildman–Crippen MR) is 103 cm³/mol. The van der Waals surface area contributed by atoms with Crippen LogP contribution in [0.3, 0.4) is 0 Å². The number of hydrogen-bond acceptors (Lipinski definition) is 7. The lowest BCUT2D eigenvalue weighted by atomic mass is 10.0. The highest BCUT2D eigenvalue weighted by molar-refractivity contribution is 5.95. The molecule has 5 atom stereocenters. The number of nitrogens with two attached hydrogens (primary N) is 1. The van der Waals surface area contributed by atoms with Gasteiger partial charge in [0.05, 0.1) is 18.6 Å². The molecule has 0 radical (unpaired) electrons. The number of carboxylic acids is 2. The van der Waals surface area contributed by atoms with Gasteiger partial charge in [0.1, 0.15) is 18.1 Å². The minimum Gasteiger partial charge on any atom is -0.481 e. The van der Waals surface area contributed by atoms with Crippen molar-refractivity contribution in [3.05, 3.63) is 0 Å². The van der Waals surface area contributed by atoms with E-state index in [0.29, 0.717) is 19.4 Å². The highest BCUT2D eigenvalue weighted by Crippen LogP contribution is 2.20. The van der Waals surface area contributed by atoms with Crippen LogP contribution in [0, 0.1) is 5.92 Å². The number of aliphatic hydroxyl groups excluding tert-OH is 1. The topological polar surface area (TPSA) is 199 Å². The van der Waals surface area contributed by atoms with Crippen LogP contribution in [0.5, 0.6) is 0 Å². The maximum atomic E-state index is 12.7. The number of carbonyl (C=O) groups excluding carboxylic acids is 3. The molecular formula is C18H30N4O8. The zero-order chi connectivity index (χ0) is 23.2. The molecule has 1 rings (SSSR count). The lowest BCUT2D eigenvalue weighted by Crippen LogP contribution is -2.59. The molecule has 3 amide bonds. The summed E-state index contributed by atoms with van der Waals surface area (Å²) in [7, 11) is 0. The predicted octanol–water partition coefficient (Wildman–Crippen LogP) is -2.13. The number of hydrogen-bond donors (Lipinski definition) is 6. The van der Waals surface area contributed by atoms with E-state index in [1.807, 2.05) is 5.32 Å². The largest absolute Gasteiger partial charge is 0.481 e. The molecule has 1 aliphatic heterocycles. The van der Waals surface area contributed by atoms with Gasteiger partial charge < -0.3 is 36.6 Å².